The Hall–Kier alpha value is -1.90. The number of ether oxygens (including phenoxy) is 2. The van der Waals surface area contributed by atoms with Crippen LogP contribution >= 0.6 is 28.1 Å². The van der Waals surface area contributed by atoms with Crippen molar-refractivity contribution in [2.24, 2.45) is 0 Å². The van der Waals surface area contributed by atoms with Gasteiger partial charge in [-0.2, -0.15) is 0 Å². The lowest BCUT2D eigenvalue weighted by Crippen LogP contribution is -2.33. The van der Waals surface area contributed by atoms with Crippen LogP contribution in [0.25, 0.3) is 0 Å². The maximum Gasteiger partial charge on any atom is 0.293 e. The third kappa shape index (κ3) is 5.66. The number of rotatable bonds is 6. The van der Waals surface area contributed by atoms with Crippen molar-refractivity contribution >= 4 is 44.9 Å². The molecule has 0 aliphatic carbocycles. The van der Waals surface area contributed by atoms with Crippen molar-refractivity contribution in [3.8, 4) is 5.75 Å². The minimum Gasteiger partial charge on any atom is -0.491 e. The fourth-order valence-corrected chi connectivity index (χ4v) is 2.16. The summed E-state index contributed by atoms with van der Waals surface area (Å²) >= 11 is 8.23. The van der Waals surface area contributed by atoms with Gasteiger partial charge in [-0.3, -0.25) is 10.1 Å². The highest BCUT2D eigenvalue weighted by atomic mass is 79.9. The van der Waals surface area contributed by atoms with E-state index in [0.29, 0.717) is 17.9 Å². The zero-order chi connectivity index (χ0) is 16.7. The SMILES string of the molecule is COCCOc1ccc(NC(=S)NC(=O)c2ccc(Br)o2)cc1. The van der Waals surface area contributed by atoms with Crippen molar-refractivity contribution in [2.75, 3.05) is 25.6 Å². The second kappa shape index (κ2) is 8.66. The molecule has 1 aromatic heterocycles. The maximum absolute atomic E-state index is 11.9. The molecule has 2 rings (SSSR count). The summed E-state index contributed by atoms with van der Waals surface area (Å²) in [5.41, 5.74) is 0.731. The number of carbonyl (C=O) groups is 1. The zero-order valence-electron chi connectivity index (χ0n) is 12.3. The summed E-state index contributed by atoms with van der Waals surface area (Å²) in [5.74, 6) is 0.471. The number of nitrogens with one attached hydrogen (secondary N) is 2. The maximum atomic E-state index is 11.9. The molecule has 0 aliphatic rings. The summed E-state index contributed by atoms with van der Waals surface area (Å²) in [5, 5.41) is 5.62. The van der Waals surface area contributed by atoms with E-state index in [-0.39, 0.29) is 10.9 Å². The number of thiocarbonyl (C=S) groups is 1. The number of amides is 1. The monoisotopic (exact) mass is 398 g/mol. The number of hydrogen-bond acceptors (Lipinski definition) is 5. The fourth-order valence-electron chi connectivity index (χ4n) is 1.64. The van der Waals surface area contributed by atoms with Gasteiger partial charge in [0.1, 0.15) is 12.4 Å². The smallest absolute Gasteiger partial charge is 0.293 e. The van der Waals surface area contributed by atoms with Crippen molar-refractivity contribution in [3.05, 3.63) is 46.8 Å². The summed E-state index contributed by atoms with van der Waals surface area (Å²) in [7, 11) is 1.62. The van der Waals surface area contributed by atoms with Crippen molar-refractivity contribution in [1.29, 1.82) is 0 Å². The van der Waals surface area contributed by atoms with Gasteiger partial charge in [-0.1, -0.05) is 0 Å². The molecule has 122 valence electrons. The van der Waals surface area contributed by atoms with Crippen LogP contribution in [0.4, 0.5) is 5.69 Å². The molecule has 23 heavy (non-hydrogen) atoms. The molecule has 0 aliphatic heterocycles. The first-order valence-electron chi connectivity index (χ1n) is 6.68. The topological polar surface area (TPSA) is 72.7 Å². The van der Waals surface area contributed by atoms with Gasteiger partial charge in [0.2, 0.25) is 0 Å². The van der Waals surface area contributed by atoms with Crippen LogP contribution < -0.4 is 15.4 Å². The van der Waals surface area contributed by atoms with Crippen LogP contribution in [0.2, 0.25) is 0 Å². The third-order valence-electron chi connectivity index (χ3n) is 2.69. The van der Waals surface area contributed by atoms with Gasteiger partial charge in [0.15, 0.2) is 15.5 Å². The molecule has 0 saturated heterocycles. The number of methoxy groups -OCH3 is 1. The van der Waals surface area contributed by atoms with Crippen molar-refractivity contribution in [2.45, 2.75) is 0 Å². The number of hydrogen-bond donors (Lipinski definition) is 2. The van der Waals surface area contributed by atoms with Gasteiger partial charge in [-0.15, -0.1) is 0 Å². The molecular weight excluding hydrogens is 384 g/mol. The highest BCUT2D eigenvalue weighted by Gasteiger charge is 2.12. The van der Waals surface area contributed by atoms with E-state index in [4.69, 9.17) is 26.1 Å². The molecule has 1 amide bonds. The lowest BCUT2D eigenvalue weighted by atomic mass is 10.3. The second-order valence-corrected chi connectivity index (χ2v) is 5.57. The average molecular weight is 399 g/mol. The normalized spacial score (nSPS) is 10.2. The van der Waals surface area contributed by atoms with Gasteiger partial charge in [0.05, 0.1) is 6.61 Å². The summed E-state index contributed by atoms with van der Waals surface area (Å²) < 4.78 is 16.0. The zero-order valence-corrected chi connectivity index (χ0v) is 14.7. The summed E-state index contributed by atoms with van der Waals surface area (Å²) in [6.07, 6.45) is 0. The molecule has 0 fully saturated rings. The molecule has 1 aromatic carbocycles. The molecule has 0 unspecified atom stereocenters. The van der Waals surface area contributed by atoms with Gasteiger partial charge >= 0.3 is 0 Å². The lowest BCUT2D eigenvalue weighted by molar-refractivity contribution is 0.0949. The molecule has 0 bridgehead atoms. The van der Waals surface area contributed by atoms with Gasteiger partial charge in [0, 0.05) is 12.8 Å². The predicted molar refractivity (Wildman–Crippen MR) is 93.9 cm³/mol. The first-order chi connectivity index (χ1) is 11.1. The molecule has 1 heterocycles. The minimum atomic E-state index is -0.423. The fraction of sp³-hybridized carbons (Fsp3) is 0.200. The Balaban J connectivity index is 1.84. The van der Waals surface area contributed by atoms with Crippen molar-refractivity contribution in [1.82, 2.24) is 5.32 Å². The van der Waals surface area contributed by atoms with Crippen LogP contribution in [0.3, 0.4) is 0 Å². The van der Waals surface area contributed by atoms with E-state index in [1.807, 2.05) is 0 Å². The summed E-state index contributed by atoms with van der Waals surface area (Å²) in [6, 6.07) is 10.4. The van der Waals surface area contributed by atoms with Gasteiger partial charge in [0.25, 0.3) is 5.91 Å². The summed E-state index contributed by atoms with van der Waals surface area (Å²) in [6.45, 7) is 1.01. The predicted octanol–water partition coefficient (Wildman–Crippen LogP) is 3.19. The molecule has 0 spiro atoms. The standard InChI is InChI=1S/C15H15BrN2O4S/c1-20-8-9-21-11-4-2-10(3-5-11)17-15(23)18-14(19)12-6-7-13(16)22-12/h2-7H,8-9H2,1H3,(H2,17,18,19,23). The first kappa shape index (κ1) is 17.5. The molecular formula is C15H15BrN2O4S. The number of benzene rings is 1. The molecule has 2 N–H and O–H groups in total. The highest BCUT2D eigenvalue weighted by molar-refractivity contribution is 9.10. The molecule has 0 radical (unpaired) electrons. The molecule has 2 aromatic rings. The Labute approximate surface area is 147 Å². The van der Waals surface area contributed by atoms with E-state index in [9.17, 15) is 4.79 Å². The Bertz CT molecular complexity index is 672. The van der Waals surface area contributed by atoms with Gasteiger partial charge in [-0.25, -0.2) is 0 Å². The van der Waals surface area contributed by atoms with Crippen LogP contribution in [-0.2, 0) is 4.74 Å². The Morgan fingerprint density at radius 1 is 1.22 bits per heavy atom. The van der Waals surface area contributed by atoms with Crippen LogP contribution in [0.5, 0.6) is 5.75 Å². The quantitative estimate of drug-likeness (QED) is 0.574. The van der Waals surface area contributed by atoms with E-state index >= 15 is 0 Å². The van der Waals surface area contributed by atoms with Crippen LogP contribution in [0, 0.1) is 0 Å². The van der Waals surface area contributed by atoms with E-state index in [1.165, 1.54) is 0 Å². The second-order valence-electron chi connectivity index (χ2n) is 4.38. The van der Waals surface area contributed by atoms with E-state index in [2.05, 4.69) is 26.6 Å². The van der Waals surface area contributed by atoms with E-state index in [1.54, 1.807) is 43.5 Å². The summed E-state index contributed by atoms with van der Waals surface area (Å²) in [4.78, 5) is 11.9. The molecule has 0 atom stereocenters. The number of furan rings is 1. The number of anilines is 1. The number of carbonyl (C=O) groups excluding carboxylic acids is 1. The third-order valence-corrected chi connectivity index (χ3v) is 3.32. The Morgan fingerprint density at radius 3 is 2.57 bits per heavy atom. The van der Waals surface area contributed by atoms with Gasteiger partial charge in [-0.05, 0) is 64.5 Å². The largest absolute Gasteiger partial charge is 0.491 e. The molecule has 0 saturated carbocycles. The first-order valence-corrected chi connectivity index (χ1v) is 7.88. The van der Waals surface area contributed by atoms with Crippen molar-refractivity contribution in [3.63, 3.8) is 0 Å². The molecule has 8 heteroatoms. The van der Waals surface area contributed by atoms with Crippen LogP contribution in [-0.4, -0.2) is 31.3 Å². The lowest BCUT2D eigenvalue weighted by Gasteiger charge is -2.10. The Morgan fingerprint density at radius 2 is 1.96 bits per heavy atom. The van der Waals surface area contributed by atoms with Crippen LogP contribution in [0.1, 0.15) is 10.6 Å². The van der Waals surface area contributed by atoms with Crippen LogP contribution in [0.15, 0.2) is 45.5 Å². The van der Waals surface area contributed by atoms with E-state index < -0.39 is 5.91 Å². The van der Waals surface area contributed by atoms with Gasteiger partial charge < -0.3 is 19.2 Å². The Kier molecular flexibility index (Phi) is 6.57. The van der Waals surface area contributed by atoms with Crippen molar-refractivity contribution < 1.29 is 18.7 Å². The average Bonchev–Trinajstić information content (AvgIpc) is 2.96. The highest BCUT2D eigenvalue weighted by Crippen LogP contribution is 2.16. The minimum absolute atomic E-state index is 0.169. The number of halogens is 1. The molecule has 6 nitrogen and oxygen atoms in total. The van der Waals surface area contributed by atoms with E-state index in [0.717, 1.165) is 11.4 Å².